The van der Waals surface area contributed by atoms with Crippen LogP contribution in [-0.2, 0) is 11.3 Å². The Morgan fingerprint density at radius 3 is 2.76 bits per heavy atom. The lowest BCUT2D eigenvalue weighted by Gasteiger charge is -2.34. The molecule has 0 bridgehead atoms. The zero-order chi connectivity index (χ0) is 17.6. The van der Waals surface area contributed by atoms with Crippen molar-refractivity contribution in [1.82, 2.24) is 14.9 Å². The number of piperidine rings is 1. The Bertz CT molecular complexity index is 702. The molecule has 1 aliphatic heterocycles. The van der Waals surface area contributed by atoms with Crippen LogP contribution in [-0.4, -0.2) is 40.4 Å². The van der Waals surface area contributed by atoms with Crippen molar-refractivity contribution in [3.05, 3.63) is 53.4 Å². The van der Waals surface area contributed by atoms with Crippen LogP contribution in [0.3, 0.4) is 0 Å². The minimum Gasteiger partial charge on any atom is -0.355 e. The van der Waals surface area contributed by atoms with Crippen LogP contribution >= 0.6 is 11.6 Å². The third-order valence-electron chi connectivity index (χ3n) is 4.67. The average Bonchev–Trinajstić information content (AvgIpc) is 2.66. The van der Waals surface area contributed by atoms with Gasteiger partial charge in [-0.15, -0.1) is 0 Å². The highest BCUT2D eigenvalue weighted by Crippen LogP contribution is 2.24. The van der Waals surface area contributed by atoms with Crippen molar-refractivity contribution >= 4 is 23.3 Å². The number of benzene rings is 1. The normalized spacial score (nSPS) is 15.2. The van der Waals surface area contributed by atoms with Crippen molar-refractivity contribution in [2.24, 2.45) is 5.92 Å². The summed E-state index contributed by atoms with van der Waals surface area (Å²) >= 11 is 6.05. The molecular weight excluding hydrogens is 336 g/mol. The van der Waals surface area contributed by atoms with Crippen molar-refractivity contribution in [3.63, 3.8) is 0 Å². The summed E-state index contributed by atoms with van der Waals surface area (Å²) in [6.07, 6.45) is 6.85. The van der Waals surface area contributed by atoms with Gasteiger partial charge in [0.15, 0.2) is 0 Å². The molecule has 0 radical (unpaired) electrons. The van der Waals surface area contributed by atoms with Gasteiger partial charge in [0.2, 0.25) is 5.91 Å². The number of hydrogen-bond donors (Lipinski definition) is 0. The molecule has 0 N–H and O–H groups in total. The van der Waals surface area contributed by atoms with Gasteiger partial charge >= 0.3 is 0 Å². The number of carbonyl (C=O) groups is 1. The summed E-state index contributed by atoms with van der Waals surface area (Å²) in [5.41, 5.74) is 1.07. The van der Waals surface area contributed by atoms with Crippen molar-refractivity contribution in [2.45, 2.75) is 26.3 Å². The molecule has 0 aliphatic carbocycles. The van der Waals surface area contributed by atoms with Crippen LogP contribution in [0.25, 0.3) is 0 Å². The number of hydrogen-bond acceptors (Lipinski definition) is 4. The molecule has 0 atom stereocenters. The van der Waals surface area contributed by atoms with Crippen LogP contribution in [0.15, 0.2) is 42.9 Å². The van der Waals surface area contributed by atoms with E-state index in [2.05, 4.69) is 14.9 Å². The van der Waals surface area contributed by atoms with Crippen molar-refractivity contribution in [1.29, 1.82) is 0 Å². The highest BCUT2D eigenvalue weighted by molar-refractivity contribution is 6.30. The summed E-state index contributed by atoms with van der Waals surface area (Å²) in [4.78, 5) is 25.5. The van der Waals surface area contributed by atoms with Crippen LogP contribution in [0.1, 0.15) is 25.3 Å². The minimum absolute atomic E-state index is 0.0760. The smallest absolute Gasteiger partial charge is 0.226 e. The molecule has 1 aliphatic rings. The van der Waals surface area contributed by atoms with Crippen molar-refractivity contribution < 1.29 is 4.79 Å². The van der Waals surface area contributed by atoms with Gasteiger partial charge in [-0.05, 0) is 37.5 Å². The molecule has 0 unspecified atom stereocenters. The van der Waals surface area contributed by atoms with Gasteiger partial charge in [-0.25, -0.2) is 4.98 Å². The van der Waals surface area contributed by atoms with E-state index in [1.165, 1.54) is 0 Å². The van der Waals surface area contributed by atoms with Crippen molar-refractivity contribution in [2.75, 3.05) is 24.5 Å². The number of amides is 1. The Labute approximate surface area is 153 Å². The Hall–Kier alpha value is -2.14. The van der Waals surface area contributed by atoms with E-state index in [0.29, 0.717) is 18.1 Å². The number of anilines is 1. The topological polar surface area (TPSA) is 49.3 Å². The van der Waals surface area contributed by atoms with E-state index in [1.807, 2.05) is 36.1 Å². The molecule has 1 fully saturated rings. The maximum atomic E-state index is 12.9. The predicted octanol–water partition coefficient (Wildman–Crippen LogP) is 3.40. The molecule has 0 saturated carbocycles. The lowest BCUT2D eigenvalue weighted by molar-refractivity contribution is -0.136. The molecule has 1 aromatic heterocycles. The quantitative estimate of drug-likeness (QED) is 0.822. The van der Waals surface area contributed by atoms with Gasteiger partial charge in [0.05, 0.1) is 6.20 Å². The lowest BCUT2D eigenvalue weighted by Crippen LogP contribution is -2.42. The predicted molar refractivity (Wildman–Crippen MR) is 99.5 cm³/mol. The van der Waals surface area contributed by atoms with Gasteiger partial charge in [-0.1, -0.05) is 23.7 Å². The molecule has 132 valence electrons. The van der Waals surface area contributed by atoms with Crippen LogP contribution in [0.4, 0.5) is 5.82 Å². The summed E-state index contributed by atoms with van der Waals surface area (Å²) in [6.45, 7) is 5.01. The standard InChI is InChI=1S/C19H23ClN4O/c1-2-23(14-15-4-3-5-17(20)12-15)19(25)16-6-10-24(11-7-16)18-13-21-8-9-22-18/h3-5,8-9,12-13,16H,2,6-7,10-11,14H2,1H3. The monoisotopic (exact) mass is 358 g/mol. The fraction of sp³-hybridized carbons (Fsp3) is 0.421. The average molecular weight is 359 g/mol. The molecule has 25 heavy (non-hydrogen) atoms. The van der Waals surface area contributed by atoms with Gasteiger partial charge in [-0.2, -0.15) is 0 Å². The Balaban J connectivity index is 1.59. The van der Waals surface area contributed by atoms with Crippen LogP contribution in [0.5, 0.6) is 0 Å². The van der Waals surface area contributed by atoms with E-state index in [-0.39, 0.29) is 11.8 Å². The first-order valence-corrected chi connectivity index (χ1v) is 9.09. The van der Waals surface area contributed by atoms with E-state index >= 15 is 0 Å². The summed E-state index contributed by atoms with van der Waals surface area (Å²) < 4.78 is 0. The van der Waals surface area contributed by atoms with E-state index in [1.54, 1.807) is 18.6 Å². The van der Waals surface area contributed by atoms with Crippen molar-refractivity contribution in [3.8, 4) is 0 Å². The van der Waals surface area contributed by atoms with Crippen LogP contribution < -0.4 is 4.90 Å². The fourth-order valence-corrected chi connectivity index (χ4v) is 3.48. The molecule has 6 heteroatoms. The summed E-state index contributed by atoms with van der Waals surface area (Å²) in [5.74, 6) is 1.20. The van der Waals surface area contributed by atoms with E-state index in [0.717, 1.165) is 37.3 Å². The summed E-state index contributed by atoms with van der Waals surface area (Å²) in [7, 11) is 0. The van der Waals surface area contributed by atoms with E-state index in [4.69, 9.17) is 11.6 Å². The molecule has 3 rings (SSSR count). The molecule has 0 spiro atoms. The summed E-state index contributed by atoms with van der Waals surface area (Å²) in [6, 6.07) is 7.72. The third kappa shape index (κ3) is 4.48. The van der Waals surface area contributed by atoms with Gasteiger partial charge in [0.1, 0.15) is 5.82 Å². The first-order valence-electron chi connectivity index (χ1n) is 8.71. The molecule has 1 amide bonds. The minimum atomic E-state index is 0.0760. The number of rotatable bonds is 5. The maximum absolute atomic E-state index is 12.9. The largest absolute Gasteiger partial charge is 0.355 e. The zero-order valence-corrected chi connectivity index (χ0v) is 15.2. The number of halogens is 1. The highest BCUT2D eigenvalue weighted by atomic mass is 35.5. The van der Waals surface area contributed by atoms with Crippen LogP contribution in [0, 0.1) is 5.92 Å². The van der Waals surface area contributed by atoms with E-state index < -0.39 is 0 Å². The highest BCUT2D eigenvalue weighted by Gasteiger charge is 2.28. The first-order chi connectivity index (χ1) is 12.2. The lowest BCUT2D eigenvalue weighted by atomic mass is 9.95. The number of aromatic nitrogens is 2. The summed E-state index contributed by atoms with van der Waals surface area (Å²) in [5, 5.41) is 0.707. The Morgan fingerprint density at radius 1 is 1.32 bits per heavy atom. The molecule has 2 heterocycles. The Morgan fingerprint density at radius 2 is 2.12 bits per heavy atom. The number of nitrogens with zero attached hydrogens (tertiary/aromatic N) is 4. The Kier molecular flexibility index (Phi) is 5.87. The van der Waals surface area contributed by atoms with Crippen LogP contribution in [0.2, 0.25) is 5.02 Å². The second kappa shape index (κ2) is 8.30. The van der Waals surface area contributed by atoms with E-state index in [9.17, 15) is 4.79 Å². The maximum Gasteiger partial charge on any atom is 0.226 e. The number of carbonyl (C=O) groups excluding carboxylic acids is 1. The first kappa shape index (κ1) is 17.7. The molecular formula is C19H23ClN4O. The molecule has 1 aromatic carbocycles. The third-order valence-corrected chi connectivity index (χ3v) is 4.91. The van der Waals surface area contributed by atoms with Gasteiger partial charge in [-0.3, -0.25) is 9.78 Å². The molecule has 2 aromatic rings. The second-order valence-corrected chi connectivity index (χ2v) is 6.74. The van der Waals surface area contributed by atoms with Gasteiger partial charge < -0.3 is 9.80 Å². The van der Waals surface area contributed by atoms with Gasteiger partial charge in [0.25, 0.3) is 0 Å². The SMILES string of the molecule is CCN(Cc1cccc(Cl)c1)C(=O)C1CCN(c2cnccn2)CC1. The molecule has 5 nitrogen and oxygen atoms in total. The zero-order valence-electron chi connectivity index (χ0n) is 14.4. The second-order valence-electron chi connectivity index (χ2n) is 6.31. The van der Waals surface area contributed by atoms with Gasteiger partial charge in [0, 0.05) is 49.5 Å². The molecule has 1 saturated heterocycles. The fourth-order valence-electron chi connectivity index (χ4n) is 3.27.